The number of pyridine rings is 2. The van der Waals surface area contributed by atoms with E-state index < -0.39 is 0 Å². The molecule has 0 atom stereocenters. The standard InChI is InChI=1S/C19H16N6O2/c1-27-14-4-2-3-13(8-14)24-17-16-11(5-6-21-18(16)26)7-15(25-17)12-9-22-19(20)23-10-12/h2-10H,1H3,(H,21,26)(H,24,25)(H2,20,22,23). The van der Waals surface area contributed by atoms with E-state index in [0.29, 0.717) is 28.2 Å². The third-order valence-electron chi connectivity index (χ3n) is 4.05. The number of nitrogens with two attached hydrogens (primary N) is 1. The maximum atomic E-state index is 12.4. The molecule has 0 unspecified atom stereocenters. The van der Waals surface area contributed by atoms with Crippen LogP contribution in [-0.4, -0.2) is 27.0 Å². The molecule has 3 aromatic heterocycles. The molecule has 8 nitrogen and oxygen atoms in total. The summed E-state index contributed by atoms with van der Waals surface area (Å²) < 4.78 is 5.25. The first-order valence-electron chi connectivity index (χ1n) is 8.15. The Balaban J connectivity index is 1.88. The fraction of sp³-hybridized carbons (Fsp3) is 0.0526. The zero-order valence-electron chi connectivity index (χ0n) is 14.4. The summed E-state index contributed by atoms with van der Waals surface area (Å²) in [4.78, 5) is 27.7. The summed E-state index contributed by atoms with van der Waals surface area (Å²) in [7, 11) is 1.60. The lowest BCUT2D eigenvalue weighted by Crippen LogP contribution is -2.09. The number of fused-ring (bicyclic) bond motifs is 1. The highest BCUT2D eigenvalue weighted by Crippen LogP contribution is 2.28. The second-order valence-corrected chi connectivity index (χ2v) is 5.81. The minimum Gasteiger partial charge on any atom is -0.497 e. The van der Waals surface area contributed by atoms with E-state index in [0.717, 1.165) is 11.1 Å². The van der Waals surface area contributed by atoms with Crippen LogP contribution < -0.4 is 21.3 Å². The van der Waals surface area contributed by atoms with Gasteiger partial charge in [0, 0.05) is 35.9 Å². The molecular weight excluding hydrogens is 344 g/mol. The van der Waals surface area contributed by atoms with E-state index in [-0.39, 0.29) is 11.5 Å². The van der Waals surface area contributed by atoms with Gasteiger partial charge in [-0.25, -0.2) is 15.0 Å². The van der Waals surface area contributed by atoms with E-state index in [1.807, 2.05) is 36.4 Å². The van der Waals surface area contributed by atoms with Crippen molar-refractivity contribution in [3.05, 3.63) is 65.3 Å². The van der Waals surface area contributed by atoms with Gasteiger partial charge in [0.25, 0.3) is 5.56 Å². The number of aromatic amines is 1. The zero-order valence-corrected chi connectivity index (χ0v) is 14.4. The molecule has 0 fully saturated rings. The van der Waals surface area contributed by atoms with Crippen LogP contribution in [0.5, 0.6) is 5.75 Å². The minimum absolute atomic E-state index is 0.186. The fourth-order valence-electron chi connectivity index (χ4n) is 2.76. The number of nitrogen functional groups attached to an aromatic ring is 1. The van der Waals surface area contributed by atoms with Gasteiger partial charge in [0.05, 0.1) is 18.2 Å². The van der Waals surface area contributed by atoms with Crippen LogP contribution in [0.15, 0.2) is 59.8 Å². The lowest BCUT2D eigenvalue weighted by Gasteiger charge is -2.12. The normalized spacial score (nSPS) is 10.7. The lowest BCUT2D eigenvalue weighted by atomic mass is 10.1. The highest BCUT2D eigenvalue weighted by molar-refractivity contribution is 5.95. The smallest absolute Gasteiger partial charge is 0.259 e. The summed E-state index contributed by atoms with van der Waals surface area (Å²) in [5.74, 6) is 1.31. The molecule has 1 aromatic carbocycles. The first-order valence-corrected chi connectivity index (χ1v) is 8.15. The Morgan fingerprint density at radius 1 is 1.15 bits per heavy atom. The average molecular weight is 360 g/mol. The Morgan fingerprint density at radius 3 is 2.74 bits per heavy atom. The largest absolute Gasteiger partial charge is 0.497 e. The van der Waals surface area contributed by atoms with Crippen LogP contribution >= 0.6 is 0 Å². The molecular formula is C19H16N6O2. The van der Waals surface area contributed by atoms with Gasteiger partial charge in [-0.15, -0.1) is 0 Å². The molecule has 0 aliphatic heterocycles. The summed E-state index contributed by atoms with van der Waals surface area (Å²) in [5, 5.41) is 4.41. The van der Waals surface area contributed by atoms with Crippen molar-refractivity contribution in [2.45, 2.75) is 0 Å². The molecule has 3 heterocycles. The van der Waals surface area contributed by atoms with E-state index in [4.69, 9.17) is 10.5 Å². The van der Waals surface area contributed by atoms with Crippen LogP contribution in [0.3, 0.4) is 0 Å². The lowest BCUT2D eigenvalue weighted by molar-refractivity contribution is 0.415. The predicted molar refractivity (Wildman–Crippen MR) is 104 cm³/mol. The van der Waals surface area contributed by atoms with Gasteiger partial charge < -0.3 is 20.8 Å². The van der Waals surface area contributed by atoms with Crippen LogP contribution in [0.4, 0.5) is 17.5 Å². The molecule has 4 N–H and O–H groups in total. The summed E-state index contributed by atoms with van der Waals surface area (Å²) in [6.45, 7) is 0. The molecule has 8 heteroatoms. The van der Waals surface area contributed by atoms with Crippen molar-refractivity contribution in [2.75, 3.05) is 18.2 Å². The van der Waals surface area contributed by atoms with E-state index in [1.165, 1.54) is 0 Å². The van der Waals surface area contributed by atoms with Gasteiger partial charge in [0.2, 0.25) is 5.95 Å². The van der Waals surface area contributed by atoms with Crippen LogP contribution in [0.2, 0.25) is 0 Å². The van der Waals surface area contributed by atoms with Gasteiger partial charge in [-0.1, -0.05) is 6.07 Å². The van der Waals surface area contributed by atoms with Crippen molar-refractivity contribution in [1.29, 1.82) is 0 Å². The van der Waals surface area contributed by atoms with Crippen molar-refractivity contribution < 1.29 is 4.74 Å². The third-order valence-corrected chi connectivity index (χ3v) is 4.05. The summed E-state index contributed by atoms with van der Waals surface area (Å²) in [6.07, 6.45) is 4.79. The Labute approximate surface area is 154 Å². The first-order chi connectivity index (χ1) is 13.1. The summed E-state index contributed by atoms with van der Waals surface area (Å²) >= 11 is 0. The molecule has 0 radical (unpaired) electrons. The number of rotatable bonds is 4. The first kappa shape index (κ1) is 16.5. The highest BCUT2D eigenvalue weighted by Gasteiger charge is 2.12. The second-order valence-electron chi connectivity index (χ2n) is 5.81. The van der Waals surface area contributed by atoms with Crippen molar-refractivity contribution >= 4 is 28.2 Å². The Hall–Kier alpha value is -3.94. The van der Waals surface area contributed by atoms with Crippen LogP contribution in [0, 0.1) is 0 Å². The van der Waals surface area contributed by atoms with E-state index in [1.54, 1.807) is 25.7 Å². The zero-order chi connectivity index (χ0) is 18.8. The molecule has 0 aliphatic carbocycles. The number of anilines is 3. The monoisotopic (exact) mass is 360 g/mol. The number of H-pyrrole nitrogens is 1. The molecule has 27 heavy (non-hydrogen) atoms. The maximum Gasteiger partial charge on any atom is 0.259 e. The number of methoxy groups -OCH3 is 1. The Morgan fingerprint density at radius 2 is 1.96 bits per heavy atom. The maximum absolute atomic E-state index is 12.4. The van der Waals surface area contributed by atoms with Gasteiger partial charge in [-0.3, -0.25) is 4.79 Å². The third kappa shape index (κ3) is 3.28. The highest BCUT2D eigenvalue weighted by atomic mass is 16.5. The Bertz CT molecular complexity index is 1170. The predicted octanol–water partition coefficient (Wildman–Crippen LogP) is 2.71. The van der Waals surface area contributed by atoms with Gasteiger partial charge in [0.15, 0.2) is 0 Å². The van der Waals surface area contributed by atoms with Gasteiger partial charge in [-0.2, -0.15) is 0 Å². The van der Waals surface area contributed by atoms with Crippen LogP contribution in [0.25, 0.3) is 22.0 Å². The van der Waals surface area contributed by atoms with E-state index >= 15 is 0 Å². The number of aromatic nitrogens is 4. The second kappa shape index (κ2) is 6.75. The van der Waals surface area contributed by atoms with Crippen LogP contribution in [-0.2, 0) is 0 Å². The van der Waals surface area contributed by atoms with Gasteiger partial charge in [-0.05, 0) is 29.7 Å². The molecule has 0 amide bonds. The molecule has 0 bridgehead atoms. The van der Waals surface area contributed by atoms with Gasteiger partial charge in [0.1, 0.15) is 11.6 Å². The molecule has 0 saturated heterocycles. The van der Waals surface area contributed by atoms with Crippen molar-refractivity contribution in [2.24, 2.45) is 0 Å². The minimum atomic E-state index is -0.231. The number of hydrogen-bond donors (Lipinski definition) is 3. The van der Waals surface area contributed by atoms with Crippen molar-refractivity contribution in [3.8, 4) is 17.0 Å². The average Bonchev–Trinajstić information content (AvgIpc) is 2.68. The molecule has 0 saturated carbocycles. The number of benzene rings is 1. The van der Waals surface area contributed by atoms with Crippen molar-refractivity contribution in [1.82, 2.24) is 19.9 Å². The fourth-order valence-corrected chi connectivity index (χ4v) is 2.76. The molecule has 0 spiro atoms. The molecule has 4 aromatic rings. The summed E-state index contributed by atoms with van der Waals surface area (Å²) in [5.41, 5.74) is 7.40. The molecule has 0 aliphatic rings. The molecule has 4 rings (SSSR count). The van der Waals surface area contributed by atoms with Gasteiger partial charge >= 0.3 is 0 Å². The number of ether oxygens (including phenoxy) is 1. The Kier molecular flexibility index (Phi) is 4.13. The van der Waals surface area contributed by atoms with Crippen LogP contribution in [0.1, 0.15) is 0 Å². The number of nitrogens with one attached hydrogen (secondary N) is 2. The van der Waals surface area contributed by atoms with E-state index in [9.17, 15) is 4.79 Å². The summed E-state index contributed by atoms with van der Waals surface area (Å²) in [6, 6.07) is 11.0. The van der Waals surface area contributed by atoms with E-state index in [2.05, 4.69) is 25.3 Å². The van der Waals surface area contributed by atoms with Crippen molar-refractivity contribution in [3.63, 3.8) is 0 Å². The topological polar surface area (TPSA) is 119 Å². The quantitative estimate of drug-likeness (QED) is 0.512. The number of nitrogens with zero attached hydrogens (tertiary/aromatic N) is 3. The SMILES string of the molecule is COc1cccc(Nc2nc(-c3cnc(N)nc3)cc3cc[nH]c(=O)c23)c1. The number of hydrogen-bond acceptors (Lipinski definition) is 7. The molecule has 134 valence electrons.